The molecular formula is C21H24N4O2. The first-order chi connectivity index (χ1) is 13.0. The third-order valence-corrected chi connectivity index (χ3v) is 5.31. The van der Waals surface area contributed by atoms with Crippen molar-refractivity contribution in [1.29, 1.82) is 0 Å². The summed E-state index contributed by atoms with van der Waals surface area (Å²) in [6, 6.07) is 11.8. The van der Waals surface area contributed by atoms with Crippen LogP contribution in [-0.4, -0.2) is 31.9 Å². The molecule has 0 unspecified atom stereocenters. The Morgan fingerprint density at radius 3 is 2.78 bits per heavy atom. The highest BCUT2D eigenvalue weighted by Gasteiger charge is 2.36. The van der Waals surface area contributed by atoms with Gasteiger partial charge in [-0.05, 0) is 56.4 Å². The summed E-state index contributed by atoms with van der Waals surface area (Å²) < 4.78 is 1.72. The van der Waals surface area contributed by atoms with E-state index in [0.717, 1.165) is 27.9 Å². The van der Waals surface area contributed by atoms with E-state index in [9.17, 15) is 9.90 Å². The fourth-order valence-electron chi connectivity index (χ4n) is 3.82. The van der Waals surface area contributed by atoms with Gasteiger partial charge in [-0.15, -0.1) is 0 Å². The van der Waals surface area contributed by atoms with E-state index < -0.39 is 0 Å². The molecule has 1 aliphatic carbocycles. The van der Waals surface area contributed by atoms with Crippen molar-refractivity contribution < 1.29 is 9.90 Å². The Bertz CT molecular complexity index is 975. The second kappa shape index (κ2) is 7.12. The maximum atomic E-state index is 12.7. The molecule has 2 aromatic heterocycles. The first-order valence-electron chi connectivity index (χ1n) is 9.33. The molecule has 0 spiro atoms. The molecule has 4 rings (SSSR count). The quantitative estimate of drug-likeness (QED) is 0.729. The molecule has 3 aromatic rings. The van der Waals surface area contributed by atoms with Crippen LogP contribution in [0.5, 0.6) is 0 Å². The fraction of sp³-hybridized carbons (Fsp3) is 0.381. The van der Waals surface area contributed by atoms with Gasteiger partial charge in [0.25, 0.3) is 0 Å². The van der Waals surface area contributed by atoms with Gasteiger partial charge in [0.1, 0.15) is 6.54 Å². The molecule has 6 heteroatoms. The Labute approximate surface area is 158 Å². The molecule has 1 atom stereocenters. The molecule has 0 saturated heterocycles. The number of amides is 1. The van der Waals surface area contributed by atoms with E-state index in [1.807, 2.05) is 50.4 Å². The van der Waals surface area contributed by atoms with Crippen molar-refractivity contribution in [2.45, 2.75) is 45.4 Å². The van der Waals surface area contributed by atoms with Crippen LogP contribution in [0.4, 0.5) is 0 Å². The number of aromatic nitrogens is 3. The number of pyridine rings is 1. The lowest BCUT2D eigenvalue weighted by molar-refractivity contribution is -0.123. The summed E-state index contributed by atoms with van der Waals surface area (Å²) in [7, 11) is 0. The van der Waals surface area contributed by atoms with Crippen LogP contribution >= 0.6 is 0 Å². The largest absolute Gasteiger partial charge is 0.393 e. The Morgan fingerprint density at radius 2 is 2.07 bits per heavy atom. The number of nitrogens with one attached hydrogen (secondary N) is 1. The highest BCUT2D eigenvalue weighted by molar-refractivity contribution is 5.80. The van der Waals surface area contributed by atoms with Crippen molar-refractivity contribution in [2.24, 2.45) is 5.92 Å². The van der Waals surface area contributed by atoms with E-state index in [1.54, 1.807) is 4.68 Å². The first kappa shape index (κ1) is 17.7. The van der Waals surface area contributed by atoms with Gasteiger partial charge in [-0.3, -0.25) is 14.5 Å². The minimum Gasteiger partial charge on any atom is -0.393 e. The van der Waals surface area contributed by atoms with Gasteiger partial charge in [0.05, 0.1) is 23.4 Å². The Balaban J connectivity index is 1.56. The van der Waals surface area contributed by atoms with E-state index in [2.05, 4.69) is 21.5 Å². The van der Waals surface area contributed by atoms with Gasteiger partial charge in [-0.1, -0.05) is 18.2 Å². The highest BCUT2D eigenvalue weighted by Crippen LogP contribution is 2.38. The van der Waals surface area contributed by atoms with Crippen molar-refractivity contribution in [3.05, 3.63) is 59.5 Å². The topological polar surface area (TPSA) is 80.0 Å². The van der Waals surface area contributed by atoms with Gasteiger partial charge in [-0.2, -0.15) is 5.10 Å². The zero-order valence-corrected chi connectivity index (χ0v) is 15.6. The maximum Gasteiger partial charge on any atom is 0.242 e. The second-order valence-corrected chi connectivity index (χ2v) is 7.48. The van der Waals surface area contributed by atoms with Crippen LogP contribution in [0.15, 0.2) is 42.6 Å². The lowest BCUT2D eigenvalue weighted by Crippen LogP contribution is -2.42. The molecule has 140 valence electrons. The van der Waals surface area contributed by atoms with Gasteiger partial charge >= 0.3 is 0 Å². The summed E-state index contributed by atoms with van der Waals surface area (Å²) in [6.45, 7) is 4.05. The van der Waals surface area contributed by atoms with E-state index in [0.29, 0.717) is 12.8 Å². The zero-order chi connectivity index (χ0) is 19.0. The lowest BCUT2D eigenvalue weighted by atomic mass is 9.75. The van der Waals surface area contributed by atoms with E-state index >= 15 is 0 Å². The third-order valence-electron chi connectivity index (χ3n) is 5.31. The summed E-state index contributed by atoms with van der Waals surface area (Å²) >= 11 is 0. The predicted octanol–water partition coefficient (Wildman–Crippen LogP) is 2.68. The Hall–Kier alpha value is -2.73. The van der Waals surface area contributed by atoms with Crippen LogP contribution in [0, 0.1) is 19.8 Å². The number of benzene rings is 1. The fourth-order valence-corrected chi connectivity index (χ4v) is 3.82. The van der Waals surface area contributed by atoms with Crippen LogP contribution in [0.2, 0.25) is 0 Å². The molecule has 2 heterocycles. The molecule has 2 N–H and O–H groups in total. The summed E-state index contributed by atoms with van der Waals surface area (Å²) in [4.78, 5) is 17.2. The molecule has 1 saturated carbocycles. The second-order valence-electron chi connectivity index (χ2n) is 7.48. The van der Waals surface area contributed by atoms with Crippen LogP contribution in [0.3, 0.4) is 0 Å². The van der Waals surface area contributed by atoms with Gasteiger partial charge in [0.2, 0.25) is 5.91 Å². The number of para-hydroxylation sites is 1. The van der Waals surface area contributed by atoms with Crippen molar-refractivity contribution in [3.8, 4) is 0 Å². The minimum absolute atomic E-state index is 0.0826. The molecule has 0 aliphatic heterocycles. The zero-order valence-electron chi connectivity index (χ0n) is 15.6. The van der Waals surface area contributed by atoms with Crippen LogP contribution in [0.1, 0.15) is 35.8 Å². The van der Waals surface area contributed by atoms with Gasteiger partial charge < -0.3 is 10.4 Å². The summed E-state index contributed by atoms with van der Waals surface area (Å²) in [6.07, 6.45) is 2.94. The van der Waals surface area contributed by atoms with E-state index in [-0.39, 0.29) is 30.5 Å². The standard InChI is InChI=1S/C21H24N4O2/c1-13-7-14(2)25(24-13)12-20(27)23-21(16-9-18(26)10-16)17-8-15-5-3-4-6-19(15)22-11-17/h3-8,11,16,18,21,26H,9-10,12H2,1-2H3,(H,23,27)/t16?,18?,21-/m0/s1. The van der Waals surface area contributed by atoms with Crippen molar-refractivity contribution in [1.82, 2.24) is 20.1 Å². The van der Waals surface area contributed by atoms with Crippen molar-refractivity contribution in [2.75, 3.05) is 0 Å². The lowest BCUT2D eigenvalue weighted by Gasteiger charge is -2.38. The molecule has 0 bridgehead atoms. The Kier molecular flexibility index (Phi) is 4.66. The van der Waals surface area contributed by atoms with Crippen molar-refractivity contribution in [3.63, 3.8) is 0 Å². The molecule has 27 heavy (non-hydrogen) atoms. The number of carbonyl (C=O) groups excluding carboxylic acids is 1. The number of hydrogen-bond acceptors (Lipinski definition) is 4. The summed E-state index contributed by atoms with van der Waals surface area (Å²) in [5.74, 6) is 0.133. The first-order valence-corrected chi connectivity index (χ1v) is 9.33. The number of nitrogens with zero attached hydrogens (tertiary/aromatic N) is 3. The smallest absolute Gasteiger partial charge is 0.242 e. The SMILES string of the molecule is Cc1cc(C)n(CC(=O)N[C@H](c2cnc3ccccc3c2)C2CC(O)C2)n1. The van der Waals surface area contributed by atoms with Crippen LogP contribution in [-0.2, 0) is 11.3 Å². The highest BCUT2D eigenvalue weighted by atomic mass is 16.3. The number of hydrogen-bond donors (Lipinski definition) is 2. The Morgan fingerprint density at radius 1 is 1.30 bits per heavy atom. The minimum atomic E-state index is -0.279. The van der Waals surface area contributed by atoms with E-state index in [1.165, 1.54) is 0 Å². The molecule has 1 aliphatic rings. The molecule has 1 aromatic carbocycles. The summed E-state index contributed by atoms with van der Waals surface area (Å²) in [5.41, 5.74) is 3.78. The molecule has 0 radical (unpaired) electrons. The van der Waals surface area contributed by atoms with Gasteiger partial charge in [0.15, 0.2) is 0 Å². The summed E-state index contributed by atoms with van der Waals surface area (Å²) in [5, 5.41) is 18.3. The average molecular weight is 364 g/mol. The number of aliphatic hydroxyl groups is 1. The monoisotopic (exact) mass is 364 g/mol. The number of carbonyl (C=O) groups is 1. The number of aliphatic hydroxyl groups excluding tert-OH is 1. The van der Waals surface area contributed by atoms with Crippen LogP contribution in [0.25, 0.3) is 10.9 Å². The van der Waals surface area contributed by atoms with E-state index in [4.69, 9.17) is 0 Å². The third kappa shape index (κ3) is 3.71. The average Bonchev–Trinajstić information content (AvgIpc) is 2.94. The normalized spacial score (nSPS) is 20.3. The number of fused-ring (bicyclic) bond motifs is 1. The van der Waals surface area contributed by atoms with Gasteiger partial charge in [0, 0.05) is 17.3 Å². The van der Waals surface area contributed by atoms with Crippen molar-refractivity contribution >= 4 is 16.8 Å². The van der Waals surface area contributed by atoms with Crippen LogP contribution < -0.4 is 5.32 Å². The molecule has 1 fully saturated rings. The number of rotatable bonds is 5. The molecule has 1 amide bonds. The molecule has 6 nitrogen and oxygen atoms in total. The number of aryl methyl sites for hydroxylation is 2. The van der Waals surface area contributed by atoms with Gasteiger partial charge in [-0.25, -0.2) is 0 Å². The molecular weight excluding hydrogens is 340 g/mol. The maximum absolute atomic E-state index is 12.7. The predicted molar refractivity (Wildman–Crippen MR) is 103 cm³/mol.